The SMILES string of the molecule is NC(=O)c1ccc(NC(=O)/C=C/c2c(Cl)cccc2Cl)cc1. The molecule has 0 aliphatic heterocycles. The minimum atomic E-state index is -0.522. The van der Waals surface area contributed by atoms with Crippen molar-refractivity contribution in [3.63, 3.8) is 0 Å². The number of carbonyl (C=O) groups excluding carboxylic acids is 2. The van der Waals surface area contributed by atoms with Crippen LogP contribution in [-0.4, -0.2) is 11.8 Å². The van der Waals surface area contributed by atoms with Crippen LogP contribution >= 0.6 is 23.2 Å². The zero-order valence-electron chi connectivity index (χ0n) is 11.3. The Morgan fingerprint density at radius 1 is 1.00 bits per heavy atom. The zero-order chi connectivity index (χ0) is 16.1. The summed E-state index contributed by atoms with van der Waals surface area (Å²) in [5, 5.41) is 3.57. The molecule has 0 saturated heterocycles. The second-order valence-corrected chi connectivity index (χ2v) is 5.21. The highest BCUT2D eigenvalue weighted by Crippen LogP contribution is 2.25. The molecule has 0 atom stereocenters. The molecule has 6 heteroatoms. The number of nitrogens with one attached hydrogen (secondary N) is 1. The molecule has 2 amide bonds. The van der Waals surface area contributed by atoms with E-state index in [2.05, 4.69) is 5.32 Å². The van der Waals surface area contributed by atoms with E-state index in [9.17, 15) is 9.59 Å². The number of hydrogen-bond donors (Lipinski definition) is 2. The summed E-state index contributed by atoms with van der Waals surface area (Å²) in [6.45, 7) is 0. The molecule has 0 spiro atoms. The fraction of sp³-hybridized carbons (Fsp3) is 0. The van der Waals surface area contributed by atoms with Crippen molar-refractivity contribution in [3.8, 4) is 0 Å². The Hall–Kier alpha value is -2.30. The van der Waals surface area contributed by atoms with E-state index in [-0.39, 0.29) is 5.91 Å². The first-order valence-corrected chi connectivity index (χ1v) is 7.06. The molecule has 2 aromatic carbocycles. The molecule has 22 heavy (non-hydrogen) atoms. The van der Waals surface area contributed by atoms with Gasteiger partial charge in [0.05, 0.1) is 0 Å². The molecule has 0 fully saturated rings. The Morgan fingerprint density at radius 2 is 1.59 bits per heavy atom. The number of rotatable bonds is 4. The largest absolute Gasteiger partial charge is 0.366 e. The smallest absolute Gasteiger partial charge is 0.248 e. The molecule has 0 bridgehead atoms. The Bertz CT molecular complexity index is 720. The highest BCUT2D eigenvalue weighted by Gasteiger charge is 2.04. The van der Waals surface area contributed by atoms with Gasteiger partial charge in [-0.05, 0) is 42.5 Å². The molecule has 0 radical (unpaired) electrons. The molecular weight excluding hydrogens is 323 g/mol. The maximum atomic E-state index is 11.9. The van der Waals surface area contributed by atoms with Crippen LogP contribution in [0.1, 0.15) is 15.9 Å². The van der Waals surface area contributed by atoms with Crippen LogP contribution in [0.2, 0.25) is 10.0 Å². The summed E-state index contributed by atoms with van der Waals surface area (Å²) in [5.74, 6) is -0.867. The van der Waals surface area contributed by atoms with Crippen LogP contribution in [0.25, 0.3) is 6.08 Å². The average Bonchev–Trinajstić information content (AvgIpc) is 2.47. The van der Waals surface area contributed by atoms with E-state index in [1.165, 1.54) is 24.3 Å². The van der Waals surface area contributed by atoms with E-state index in [4.69, 9.17) is 28.9 Å². The molecule has 0 aliphatic carbocycles. The van der Waals surface area contributed by atoms with Crippen molar-refractivity contribution in [2.75, 3.05) is 5.32 Å². The molecule has 112 valence electrons. The quantitative estimate of drug-likeness (QED) is 0.836. The third-order valence-electron chi connectivity index (χ3n) is 2.84. The molecule has 0 unspecified atom stereocenters. The number of hydrogen-bond acceptors (Lipinski definition) is 2. The van der Waals surface area contributed by atoms with Crippen molar-refractivity contribution in [2.24, 2.45) is 5.73 Å². The second kappa shape index (κ2) is 7.11. The number of anilines is 1. The van der Waals surface area contributed by atoms with Crippen LogP contribution in [0.3, 0.4) is 0 Å². The Morgan fingerprint density at radius 3 is 2.14 bits per heavy atom. The lowest BCUT2D eigenvalue weighted by Crippen LogP contribution is -2.11. The number of benzene rings is 2. The van der Waals surface area contributed by atoms with Crippen molar-refractivity contribution < 1.29 is 9.59 Å². The molecule has 2 rings (SSSR count). The molecule has 4 nitrogen and oxygen atoms in total. The summed E-state index contributed by atoms with van der Waals surface area (Å²) in [6.07, 6.45) is 2.87. The van der Waals surface area contributed by atoms with Crippen molar-refractivity contribution >= 4 is 46.8 Å². The van der Waals surface area contributed by atoms with Gasteiger partial charge in [-0.3, -0.25) is 9.59 Å². The lowest BCUT2D eigenvalue weighted by molar-refractivity contribution is -0.111. The Balaban J connectivity index is 2.06. The maximum Gasteiger partial charge on any atom is 0.248 e. The summed E-state index contributed by atoms with van der Waals surface area (Å²) in [6, 6.07) is 11.4. The average molecular weight is 335 g/mol. The molecule has 0 aliphatic rings. The molecule has 0 aromatic heterocycles. The normalized spacial score (nSPS) is 10.6. The standard InChI is InChI=1S/C16H12Cl2N2O2/c17-13-2-1-3-14(18)12(13)8-9-15(21)20-11-6-4-10(5-7-11)16(19)22/h1-9H,(H2,19,22)(H,20,21)/b9-8+. The number of amides is 2. The fourth-order valence-corrected chi connectivity index (χ4v) is 2.25. The van der Waals surface area contributed by atoms with Gasteiger partial charge in [-0.2, -0.15) is 0 Å². The van der Waals surface area contributed by atoms with Crippen LogP contribution in [0.5, 0.6) is 0 Å². The minimum absolute atomic E-state index is 0.345. The Labute approximate surface area is 137 Å². The van der Waals surface area contributed by atoms with Gasteiger partial charge in [0.15, 0.2) is 0 Å². The van der Waals surface area contributed by atoms with Crippen molar-refractivity contribution in [1.82, 2.24) is 0 Å². The zero-order valence-corrected chi connectivity index (χ0v) is 12.9. The summed E-state index contributed by atoms with van der Waals surface area (Å²) in [7, 11) is 0. The summed E-state index contributed by atoms with van der Waals surface area (Å²) < 4.78 is 0. The lowest BCUT2D eigenvalue weighted by atomic mass is 10.2. The van der Waals surface area contributed by atoms with E-state index >= 15 is 0 Å². The highest BCUT2D eigenvalue weighted by molar-refractivity contribution is 6.37. The highest BCUT2D eigenvalue weighted by atomic mass is 35.5. The van der Waals surface area contributed by atoms with Gasteiger partial charge in [-0.15, -0.1) is 0 Å². The van der Waals surface area contributed by atoms with E-state index in [1.807, 2.05) is 0 Å². The molecule has 2 aromatic rings. The van der Waals surface area contributed by atoms with Crippen LogP contribution in [0.15, 0.2) is 48.5 Å². The van der Waals surface area contributed by atoms with Crippen LogP contribution in [0, 0.1) is 0 Å². The van der Waals surface area contributed by atoms with Crippen LogP contribution < -0.4 is 11.1 Å². The number of carbonyl (C=O) groups is 2. The lowest BCUT2D eigenvalue weighted by Gasteiger charge is -2.03. The first-order chi connectivity index (χ1) is 10.5. The van der Waals surface area contributed by atoms with Gasteiger partial charge in [0.25, 0.3) is 0 Å². The van der Waals surface area contributed by atoms with E-state index in [0.29, 0.717) is 26.9 Å². The minimum Gasteiger partial charge on any atom is -0.366 e. The summed E-state index contributed by atoms with van der Waals surface area (Å²) >= 11 is 12.0. The van der Waals surface area contributed by atoms with E-state index in [1.54, 1.807) is 30.3 Å². The van der Waals surface area contributed by atoms with Gasteiger partial charge in [0, 0.05) is 32.9 Å². The van der Waals surface area contributed by atoms with Crippen LogP contribution in [-0.2, 0) is 4.79 Å². The topological polar surface area (TPSA) is 72.2 Å². The third kappa shape index (κ3) is 4.10. The molecule has 3 N–H and O–H groups in total. The predicted molar refractivity (Wildman–Crippen MR) is 89.1 cm³/mol. The number of halogens is 2. The molecule has 0 heterocycles. The van der Waals surface area contributed by atoms with Gasteiger partial charge in [-0.25, -0.2) is 0 Å². The van der Waals surface area contributed by atoms with Gasteiger partial charge in [-0.1, -0.05) is 29.3 Å². The van der Waals surface area contributed by atoms with E-state index in [0.717, 1.165) is 0 Å². The Kier molecular flexibility index (Phi) is 5.20. The third-order valence-corrected chi connectivity index (χ3v) is 3.50. The summed E-state index contributed by atoms with van der Waals surface area (Å²) in [5.41, 5.74) is 6.64. The predicted octanol–water partition coefficient (Wildman–Crippen LogP) is 3.74. The van der Waals surface area contributed by atoms with Crippen molar-refractivity contribution in [3.05, 3.63) is 69.7 Å². The number of primary amides is 1. The monoisotopic (exact) mass is 334 g/mol. The second-order valence-electron chi connectivity index (χ2n) is 4.40. The molecule has 0 saturated carbocycles. The van der Waals surface area contributed by atoms with Gasteiger partial charge >= 0.3 is 0 Å². The van der Waals surface area contributed by atoms with Gasteiger partial charge in [0.2, 0.25) is 11.8 Å². The van der Waals surface area contributed by atoms with E-state index < -0.39 is 5.91 Å². The first kappa shape index (κ1) is 16.1. The van der Waals surface area contributed by atoms with Crippen LogP contribution in [0.4, 0.5) is 5.69 Å². The van der Waals surface area contributed by atoms with Crippen molar-refractivity contribution in [1.29, 1.82) is 0 Å². The number of nitrogens with two attached hydrogens (primary N) is 1. The van der Waals surface area contributed by atoms with Gasteiger partial charge < -0.3 is 11.1 Å². The summed E-state index contributed by atoms with van der Waals surface area (Å²) in [4.78, 5) is 22.8. The van der Waals surface area contributed by atoms with Gasteiger partial charge in [0.1, 0.15) is 0 Å². The van der Waals surface area contributed by atoms with Crippen molar-refractivity contribution in [2.45, 2.75) is 0 Å². The maximum absolute atomic E-state index is 11.9. The first-order valence-electron chi connectivity index (χ1n) is 6.30. The fourth-order valence-electron chi connectivity index (χ4n) is 1.73. The molecular formula is C16H12Cl2N2O2.